The molecule has 0 aliphatic rings. The number of hydrogen-bond donors (Lipinski definition) is 2. The summed E-state index contributed by atoms with van der Waals surface area (Å²) in [6.07, 6.45) is 1.12. The number of non-ortho nitro benzene ring substituents is 1. The summed E-state index contributed by atoms with van der Waals surface area (Å²) in [5.41, 5.74) is 1.15. The van der Waals surface area contributed by atoms with Gasteiger partial charge in [-0.05, 0) is 18.2 Å². The number of nitro benzene ring substituents is 2. The Balaban J connectivity index is 1.61. The van der Waals surface area contributed by atoms with E-state index in [9.17, 15) is 29.8 Å². The molecule has 1 heterocycles. The van der Waals surface area contributed by atoms with E-state index in [1.54, 1.807) is 12.1 Å². The molecule has 174 valence electrons. The van der Waals surface area contributed by atoms with Gasteiger partial charge < -0.3 is 0 Å². The second-order valence-electron chi connectivity index (χ2n) is 6.31. The molecule has 13 nitrogen and oxygen atoms in total. The lowest BCUT2D eigenvalue weighted by atomic mass is 10.1. The summed E-state index contributed by atoms with van der Waals surface area (Å²) < 4.78 is 0. The van der Waals surface area contributed by atoms with Gasteiger partial charge in [0.05, 0.1) is 33.6 Å². The molecular formula is C18H11Cl2N7O6S. The van der Waals surface area contributed by atoms with Crippen molar-refractivity contribution in [3.63, 3.8) is 0 Å². The summed E-state index contributed by atoms with van der Waals surface area (Å²) in [4.78, 5) is 44.8. The van der Waals surface area contributed by atoms with Crippen LogP contribution in [-0.4, -0.2) is 38.1 Å². The van der Waals surface area contributed by atoms with Crippen molar-refractivity contribution in [2.45, 2.75) is 6.42 Å². The van der Waals surface area contributed by atoms with Gasteiger partial charge in [-0.25, -0.2) is 5.43 Å². The number of nitrogens with zero attached hydrogens (tertiary/aromatic N) is 5. The van der Waals surface area contributed by atoms with Crippen molar-refractivity contribution in [1.29, 1.82) is 0 Å². The molecule has 3 rings (SSSR count). The molecule has 0 atom stereocenters. The maximum absolute atomic E-state index is 12.4. The van der Waals surface area contributed by atoms with Crippen LogP contribution in [0.1, 0.15) is 20.9 Å². The van der Waals surface area contributed by atoms with E-state index < -0.39 is 38.6 Å². The van der Waals surface area contributed by atoms with E-state index in [0.29, 0.717) is 21.7 Å². The predicted molar refractivity (Wildman–Crippen MR) is 124 cm³/mol. The lowest BCUT2D eigenvalue weighted by molar-refractivity contribution is -0.394. The molecule has 0 unspecified atom stereocenters. The van der Waals surface area contributed by atoms with Crippen LogP contribution in [0.4, 0.5) is 16.5 Å². The molecule has 2 aromatic carbocycles. The van der Waals surface area contributed by atoms with Gasteiger partial charge in [0.2, 0.25) is 11.0 Å². The van der Waals surface area contributed by atoms with Crippen LogP contribution in [0.2, 0.25) is 10.0 Å². The Bertz CT molecular complexity index is 1330. The number of amides is 2. The average Bonchev–Trinajstić information content (AvgIpc) is 3.21. The summed E-state index contributed by atoms with van der Waals surface area (Å²) in [6.45, 7) is 0. The Morgan fingerprint density at radius 3 is 2.53 bits per heavy atom. The fourth-order valence-electron chi connectivity index (χ4n) is 2.47. The average molecular weight is 524 g/mol. The molecule has 0 spiro atoms. The van der Waals surface area contributed by atoms with Crippen LogP contribution in [0.25, 0.3) is 0 Å². The number of nitrogens with one attached hydrogen (secondary N) is 2. The van der Waals surface area contributed by atoms with Crippen molar-refractivity contribution in [3.8, 4) is 0 Å². The van der Waals surface area contributed by atoms with Gasteiger partial charge in [0.15, 0.2) is 0 Å². The molecule has 0 aliphatic heterocycles. The Morgan fingerprint density at radius 1 is 1.09 bits per heavy atom. The number of carbonyl (C=O) groups is 2. The first-order chi connectivity index (χ1) is 16.1. The highest BCUT2D eigenvalue weighted by Crippen LogP contribution is 2.26. The number of nitro groups is 2. The van der Waals surface area contributed by atoms with Gasteiger partial charge in [-0.3, -0.25) is 35.1 Å². The van der Waals surface area contributed by atoms with Crippen LogP contribution < -0.4 is 10.7 Å². The summed E-state index contributed by atoms with van der Waals surface area (Å²) in [6, 6.07) is 7.37. The highest BCUT2D eigenvalue weighted by molar-refractivity contribution is 7.15. The van der Waals surface area contributed by atoms with Crippen molar-refractivity contribution in [3.05, 3.63) is 82.8 Å². The van der Waals surface area contributed by atoms with Crippen molar-refractivity contribution in [2.24, 2.45) is 5.10 Å². The number of benzene rings is 2. The highest BCUT2D eigenvalue weighted by atomic mass is 35.5. The maximum Gasteiger partial charge on any atom is 0.289 e. The first-order valence-electron chi connectivity index (χ1n) is 8.97. The zero-order valence-electron chi connectivity index (χ0n) is 16.6. The quantitative estimate of drug-likeness (QED) is 0.254. The van der Waals surface area contributed by atoms with Crippen LogP contribution in [0.3, 0.4) is 0 Å². The first-order valence-corrected chi connectivity index (χ1v) is 10.5. The number of aromatic nitrogens is 2. The molecule has 0 radical (unpaired) electrons. The molecule has 16 heteroatoms. The van der Waals surface area contributed by atoms with Gasteiger partial charge in [-0.15, -0.1) is 10.2 Å². The number of hydrogen-bond acceptors (Lipinski definition) is 10. The zero-order valence-corrected chi connectivity index (χ0v) is 18.9. The monoisotopic (exact) mass is 523 g/mol. The Labute approximate surface area is 203 Å². The van der Waals surface area contributed by atoms with E-state index in [4.69, 9.17) is 23.2 Å². The van der Waals surface area contributed by atoms with E-state index >= 15 is 0 Å². The second-order valence-corrected chi connectivity index (χ2v) is 8.21. The highest BCUT2D eigenvalue weighted by Gasteiger charge is 2.25. The molecule has 0 aliphatic carbocycles. The van der Waals surface area contributed by atoms with E-state index in [1.807, 2.05) is 0 Å². The van der Waals surface area contributed by atoms with Crippen LogP contribution in [0, 0.1) is 20.2 Å². The van der Waals surface area contributed by atoms with Crippen LogP contribution in [0.15, 0.2) is 41.5 Å². The first kappa shape index (κ1) is 24.6. The zero-order chi connectivity index (χ0) is 24.8. The normalized spacial score (nSPS) is 10.8. The molecule has 34 heavy (non-hydrogen) atoms. The SMILES string of the molecule is O=C(Cc1nnc(NC(=O)c2ccc([N+](=O)[O-])cc2[N+](=O)[O-])s1)N/N=C\c1ccc(Cl)cc1Cl. The number of carbonyl (C=O) groups excluding carboxylic acids is 2. The fraction of sp³-hybridized carbons (Fsp3) is 0.0556. The molecule has 0 saturated carbocycles. The second kappa shape index (κ2) is 10.7. The topological polar surface area (TPSA) is 183 Å². The Hall–Kier alpha value is -4.01. The van der Waals surface area contributed by atoms with Gasteiger partial charge >= 0.3 is 0 Å². The van der Waals surface area contributed by atoms with Crippen LogP contribution in [-0.2, 0) is 11.2 Å². The van der Waals surface area contributed by atoms with Gasteiger partial charge in [0.1, 0.15) is 10.6 Å². The Morgan fingerprint density at radius 2 is 1.85 bits per heavy atom. The lowest BCUT2D eigenvalue weighted by Crippen LogP contribution is -2.19. The van der Waals surface area contributed by atoms with Crippen molar-refractivity contribution < 1.29 is 19.4 Å². The van der Waals surface area contributed by atoms with E-state index in [1.165, 1.54) is 12.3 Å². The van der Waals surface area contributed by atoms with Crippen molar-refractivity contribution in [1.82, 2.24) is 15.6 Å². The molecule has 1 aromatic heterocycles. The summed E-state index contributed by atoms with van der Waals surface area (Å²) in [5, 5.41) is 36.6. The maximum atomic E-state index is 12.4. The fourth-order valence-corrected chi connectivity index (χ4v) is 3.66. The van der Waals surface area contributed by atoms with Gasteiger partial charge in [0, 0.05) is 16.7 Å². The largest absolute Gasteiger partial charge is 0.296 e. The summed E-state index contributed by atoms with van der Waals surface area (Å²) >= 11 is 12.7. The molecule has 2 N–H and O–H groups in total. The standard InChI is InChI=1S/C18H11Cl2N7O6S/c19-10-2-1-9(13(20)5-10)8-21-23-15(28)7-16-24-25-18(34-16)22-17(29)12-4-3-11(26(30)31)6-14(12)27(32)33/h1-6,8H,7H2,(H,23,28)(H,22,25,29)/b21-8-. The molecular weight excluding hydrogens is 513 g/mol. The van der Waals surface area contributed by atoms with E-state index in [-0.39, 0.29) is 16.6 Å². The minimum atomic E-state index is -0.918. The molecule has 3 aromatic rings. The smallest absolute Gasteiger partial charge is 0.289 e. The van der Waals surface area contributed by atoms with E-state index in [2.05, 4.69) is 26.0 Å². The Kier molecular flexibility index (Phi) is 7.78. The third-order valence-electron chi connectivity index (χ3n) is 3.99. The number of halogens is 2. The van der Waals surface area contributed by atoms with Gasteiger partial charge in [-0.2, -0.15) is 5.10 Å². The van der Waals surface area contributed by atoms with Gasteiger partial charge in [0.25, 0.3) is 17.3 Å². The molecule has 0 bridgehead atoms. The van der Waals surface area contributed by atoms with Crippen molar-refractivity contribution >= 4 is 69.1 Å². The lowest BCUT2D eigenvalue weighted by Gasteiger charge is -2.02. The minimum Gasteiger partial charge on any atom is -0.296 e. The number of rotatable bonds is 8. The minimum absolute atomic E-state index is 0.0306. The van der Waals surface area contributed by atoms with Gasteiger partial charge in [-0.1, -0.05) is 40.6 Å². The summed E-state index contributed by atoms with van der Waals surface area (Å²) in [7, 11) is 0. The van der Waals surface area contributed by atoms with Crippen LogP contribution >= 0.6 is 34.5 Å². The number of anilines is 1. The van der Waals surface area contributed by atoms with E-state index in [0.717, 1.165) is 23.5 Å². The third kappa shape index (κ3) is 6.28. The number of hydrazone groups is 1. The van der Waals surface area contributed by atoms with Crippen LogP contribution in [0.5, 0.6) is 0 Å². The summed E-state index contributed by atoms with van der Waals surface area (Å²) in [5.74, 6) is -1.44. The molecule has 2 amide bonds. The molecule has 0 saturated heterocycles. The molecule has 0 fully saturated rings. The predicted octanol–water partition coefficient (Wildman–Crippen LogP) is 3.61. The third-order valence-corrected chi connectivity index (χ3v) is 5.39. The van der Waals surface area contributed by atoms with Crippen molar-refractivity contribution in [2.75, 3.05) is 5.32 Å².